The van der Waals surface area contributed by atoms with E-state index in [1.54, 1.807) is 0 Å². The molecule has 3 N–H and O–H groups in total. The first-order valence-electron chi connectivity index (χ1n) is 10.9. The molecule has 0 aromatic heterocycles. The third-order valence-electron chi connectivity index (χ3n) is 4.88. The third kappa shape index (κ3) is 8.38. The zero-order valence-corrected chi connectivity index (χ0v) is 18.3. The predicted molar refractivity (Wildman–Crippen MR) is 122 cm³/mol. The van der Waals surface area contributed by atoms with E-state index >= 15 is 0 Å². The third-order valence-corrected chi connectivity index (χ3v) is 4.88. The topological polar surface area (TPSA) is 53.2 Å². The van der Waals surface area contributed by atoms with Gasteiger partial charge in [0.2, 0.25) is 5.91 Å². The number of hydrogen-bond donors (Lipinski definition) is 3. The molecule has 2 aromatic rings. The molecule has 0 aliphatic heterocycles. The van der Waals surface area contributed by atoms with Crippen molar-refractivity contribution in [2.45, 2.75) is 71.1 Å². The van der Waals surface area contributed by atoms with E-state index in [1.807, 2.05) is 36.4 Å². The monoisotopic (exact) mass is 395 g/mol. The van der Waals surface area contributed by atoms with Crippen molar-refractivity contribution in [1.29, 1.82) is 0 Å². The molecule has 2 aromatic carbocycles. The Bertz CT molecular complexity index is 661. The van der Waals surface area contributed by atoms with Gasteiger partial charge in [-0.1, -0.05) is 94.8 Å². The van der Waals surface area contributed by atoms with Crippen molar-refractivity contribution in [3.05, 3.63) is 71.8 Å². The molecular formula is C25H37N3O. The Kier molecular flexibility index (Phi) is 9.89. The zero-order valence-electron chi connectivity index (χ0n) is 18.3. The van der Waals surface area contributed by atoms with Gasteiger partial charge < -0.3 is 16.0 Å². The highest BCUT2D eigenvalue weighted by Crippen LogP contribution is 2.22. The average molecular weight is 396 g/mol. The van der Waals surface area contributed by atoms with Crippen molar-refractivity contribution in [2.75, 3.05) is 6.54 Å². The minimum atomic E-state index is -0.191. The van der Waals surface area contributed by atoms with Crippen molar-refractivity contribution in [3.63, 3.8) is 0 Å². The molecule has 1 amide bonds. The summed E-state index contributed by atoms with van der Waals surface area (Å²) in [7, 11) is 0. The second-order valence-corrected chi connectivity index (χ2v) is 8.24. The van der Waals surface area contributed by atoms with Crippen molar-refractivity contribution in [3.8, 4) is 0 Å². The molecule has 1 atom stereocenters. The van der Waals surface area contributed by atoms with Crippen molar-refractivity contribution in [1.82, 2.24) is 16.0 Å². The van der Waals surface area contributed by atoms with Crippen molar-refractivity contribution >= 4 is 5.91 Å². The smallest absolute Gasteiger partial charge is 0.237 e. The van der Waals surface area contributed by atoms with Gasteiger partial charge in [-0.3, -0.25) is 4.79 Å². The second-order valence-electron chi connectivity index (χ2n) is 8.24. The van der Waals surface area contributed by atoms with E-state index in [2.05, 4.69) is 67.9 Å². The number of rotatable bonds is 12. The van der Waals surface area contributed by atoms with E-state index in [0.29, 0.717) is 6.04 Å². The first kappa shape index (κ1) is 23.1. The van der Waals surface area contributed by atoms with Gasteiger partial charge in [-0.2, -0.15) is 0 Å². The van der Waals surface area contributed by atoms with Crippen molar-refractivity contribution in [2.24, 2.45) is 0 Å². The molecule has 0 saturated heterocycles. The molecular weight excluding hydrogens is 358 g/mol. The Morgan fingerprint density at radius 3 is 1.83 bits per heavy atom. The Balaban J connectivity index is 2.07. The molecule has 0 bridgehead atoms. The maximum absolute atomic E-state index is 13.2. The van der Waals surface area contributed by atoms with Crippen LogP contribution in [0.1, 0.15) is 64.1 Å². The summed E-state index contributed by atoms with van der Waals surface area (Å²) in [5.74, 6) is 0.0632. The van der Waals surface area contributed by atoms with Gasteiger partial charge in [0.1, 0.15) is 0 Å². The average Bonchev–Trinajstić information content (AvgIpc) is 2.71. The molecule has 0 fully saturated rings. The van der Waals surface area contributed by atoms with Crippen LogP contribution in [0.5, 0.6) is 0 Å². The van der Waals surface area contributed by atoms with Gasteiger partial charge in [-0.05, 0) is 30.5 Å². The first-order chi connectivity index (χ1) is 14.0. The van der Waals surface area contributed by atoms with E-state index in [1.165, 1.54) is 0 Å². The Morgan fingerprint density at radius 2 is 1.34 bits per heavy atom. The van der Waals surface area contributed by atoms with Crippen LogP contribution in [-0.2, 0) is 4.79 Å². The van der Waals surface area contributed by atoms with Crippen LogP contribution in [0.25, 0.3) is 0 Å². The van der Waals surface area contributed by atoms with Crippen LogP contribution in [0.4, 0.5) is 0 Å². The van der Waals surface area contributed by atoms with Gasteiger partial charge in [-0.15, -0.1) is 0 Å². The molecule has 1 unspecified atom stereocenters. The van der Waals surface area contributed by atoms with E-state index in [4.69, 9.17) is 0 Å². The SMILES string of the molecule is CC(C)NCCCCC(NC(C)C)C(=O)NC(c1ccccc1)c1ccccc1. The zero-order chi connectivity index (χ0) is 21.1. The number of hydrogen-bond acceptors (Lipinski definition) is 3. The van der Waals surface area contributed by atoms with Gasteiger partial charge in [0.05, 0.1) is 12.1 Å². The van der Waals surface area contributed by atoms with E-state index < -0.39 is 0 Å². The number of nitrogens with one attached hydrogen (secondary N) is 3. The summed E-state index contributed by atoms with van der Waals surface area (Å²) in [5, 5.41) is 10.2. The number of carbonyl (C=O) groups is 1. The lowest BCUT2D eigenvalue weighted by Crippen LogP contribution is -2.48. The Hall–Kier alpha value is -2.17. The van der Waals surface area contributed by atoms with Crippen LogP contribution in [0.2, 0.25) is 0 Å². The summed E-state index contributed by atoms with van der Waals surface area (Å²) < 4.78 is 0. The van der Waals surface area contributed by atoms with Gasteiger partial charge in [0.15, 0.2) is 0 Å². The molecule has 0 aliphatic carbocycles. The normalized spacial score (nSPS) is 12.5. The van der Waals surface area contributed by atoms with Crippen LogP contribution >= 0.6 is 0 Å². The summed E-state index contributed by atoms with van der Waals surface area (Å²) in [6.07, 6.45) is 2.92. The molecule has 158 valence electrons. The molecule has 29 heavy (non-hydrogen) atoms. The molecule has 0 saturated carbocycles. The molecule has 4 heteroatoms. The summed E-state index contributed by atoms with van der Waals surface area (Å²) in [6.45, 7) is 9.48. The van der Waals surface area contributed by atoms with E-state index in [9.17, 15) is 4.79 Å². The molecule has 0 spiro atoms. The summed E-state index contributed by atoms with van der Waals surface area (Å²) in [5.41, 5.74) is 2.19. The number of carbonyl (C=O) groups excluding carboxylic acids is 1. The predicted octanol–water partition coefficient (Wildman–Crippen LogP) is 4.43. The molecule has 4 nitrogen and oxygen atoms in total. The summed E-state index contributed by atoms with van der Waals surface area (Å²) in [6, 6.07) is 20.8. The summed E-state index contributed by atoms with van der Waals surface area (Å²) >= 11 is 0. The van der Waals surface area contributed by atoms with Gasteiger partial charge in [-0.25, -0.2) is 0 Å². The van der Waals surface area contributed by atoms with Gasteiger partial charge in [0.25, 0.3) is 0 Å². The quantitative estimate of drug-likeness (QED) is 0.466. The molecule has 0 heterocycles. The van der Waals surface area contributed by atoms with Crippen molar-refractivity contribution < 1.29 is 4.79 Å². The van der Waals surface area contributed by atoms with E-state index in [-0.39, 0.29) is 24.0 Å². The number of unbranched alkanes of at least 4 members (excludes halogenated alkanes) is 1. The lowest BCUT2D eigenvalue weighted by atomic mass is 9.97. The van der Waals surface area contributed by atoms with Crippen LogP contribution in [0, 0.1) is 0 Å². The molecule has 2 rings (SSSR count). The highest BCUT2D eigenvalue weighted by Gasteiger charge is 2.23. The minimum Gasteiger partial charge on any atom is -0.344 e. The maximum atomic E-state index is 13.2. The molecule has 0 aliphatic rings. The lowest BCUT2D eigenvalue weighted by Gasteiger charge is -2.25. The minimum absolute atomic E-state index is 0.0632. The van der Waals surface area contributed by atoms with E-state index in [0.717, 1.165) is 36.9 Å². The fraction of sp³-hybridized carbons (Fsp3) is 0.480. The maximum Gasteiger partial charge on any atom is 0.237 e. The summed E-state index contributed by atoms with van der Waals surface area (Å²) in [4.78, 5) is 13.2. The number of benzene rings is 2. The van der Waals surface area contributed by atoms with Gasteiger partial charge >= 0.3 is 0 Å². The van der Waals surface area contributed by atoms with Gasteiger partial charge in [0, 0.05) is 12.1 Å². The number of amides is 1. The van der Waals surface area contributed by atoms with Crippen LogP contribution in [-0.4, -0.2) is 30.6 Å². The largest absolute Gasteiger partial charge is 0.344 e. The highest BCUT2D eigenvalue weighted by atomic mass is 16.2. The Morgan fingerprint density at radius 1 is 0.793 bits per heavy atom. The standard InChI is InChI=1S/C25H37N3O/c1-19(2)26-18-12-11-17-23(27-20(3)4)25(29)28-24(21-13-7-5-8-14-21)22-15-9-6-10-16-22/h5-10,13-16,19-20,23-24,26-27H,11-12,17-18H2,1-4H3,(H,28,29). The fourth-order valence-corrected chi connectivity index (χ4v) is 3.45. The molecule has 0 radical (unpaired) electrons. The first-order valence-corrected chi connectivity index (χ1v) is 10.9. The van der Waals surface area contributed by atoms with Crippen LogP contribution in [0.3, 0.4) is 0 Å². The van der Waals surface area contributed by atoms with Crippen LogP contribution in [0.15, 0.2) is 60.7 Å². The second kappa shape index (κ2) is 12.4. The Labute approximate surface area is 176 Å². The lowest BCUT2D eigenvalue weighted by molar-refractivity contribution is -0.124. The highest BCUT2D eigenvalue weighted by molar-refractivity contribution is 5.82. The van der Waals surface area contributed by atoms with Crippen LogP contribution < -0.4 is 16.0 Å². The fourth-order valence-electron chi connectivity index (χ4n) is 3.45.